The minimum Gasteiger partial charge on any atom is -0.456 e. The van der Waals surface area contributed by atoms with Crippen LogP contribution in [0.25, 0.3) is 11.0 Å². The summed E-state index contributed by atoms with van der Waals surface area (Å²) in [5, 5.41) is 13.5. The Morgan fingerprint density at radius 1 is 1.19 bits per heavy atom. The fraction of sp³-hybridized carbons (Fsp3) is 0.526. The van der Waals surface area contributed by atoms with Crippen LogP contribution in [0.1, 0.15) is 33.9 Å². The first-order valence-corrected chi connectivity index (χ1v) is 10.6. The summed E-state index contributed by atoms with van der Waals surface area (Å²) in [4.78, 5) is 28.0. The van der Waals surface area contributed by atoms with Crippen molar-refractivity contribution in [2.75, 3.05) is 11.9 Å². The smallest absolute Gasteiger partial charge is 0.303 e. The van der Waals surface area contributed by atoms with E-state index in [1.807, 2.05) is 13.8 Å². The topological polar surface area (TPSA) is 112 Å². The Labute approximate surface area is 193 Å². The summed E-state index contributed by atoms with van der Waals surface area (Å²) in [5.74, 6) is -0.887. The van der Waals surface area contributed by atoms with Crippen LogP contribution in [0.5, 0.6) is 0 Å². The largest absolute Gasteiger partial charge is 0.456 e. The molecule has 0 bridgehead atoms. The number of nitrogens with zero attached hydrogens (tertiary/aromatic N) is 2. The lowest BCUT2D eigenvalue weighted by atomic mass is 10.1. The van der Waals surface area contributed by atoms with Crippen molar-refractivity contribution in [2.24, 2.45) is 0 Å². The third kappa shape index (κ3) is 4.70. The van der Waals surface area contributed by atoms with E-state index in [1.54, 1.807) is 10.6 Å². The van der Waals surface area contributed by atoms with Crippen LogP contribution < -0.4 is 5.32 Å². The number of imidazole rings is 1. The Bertz CT molecular complexity index is 1010. The Morgan fingerprint density at radius 3 is 2.35 bits per heavy atom. The number of hydrogen-bond acceptors (Lipinski definition) is 8. The van der Waals surface area contributed by atoms with Gasteiger partial charge in [-0.05, 0) is 19.9 Å². The molecule has 9 nitrogen and oxygen atoms in total. The summed E-state index contributed by atoms with van der Waals surface area (Å²) in [6, 6.07) is 1.53. The number of aliphatic hydroxyl groups excluding tert-OH is 1. The fourth-order valence-electron chi connectivity index (χ4n) is 3.47. The average molecular weight is 495 g/mol. The molecule has 0 aliphatic carbocycles. The van der Waals surface area contributed by atoms with Crippen molar-refractivity contribution in [1.29, 1.82) is 0 Å². The van der Waals surface area contributed by atoms with Gasteiger partial charge in [-0.25, -0.2) is 4.98 Å². The number of carbonyl (C=O) groups is 2. The zero-order valence-corrected chi connectivity index (χ0v) is 19.5. The van der Waals surface area contributed by atoms with Gasteiger partial charge in [0.05, 0.1) is 27.2 Å². The maximum Gasteiger partial charge on any atom is 0.303 e. The number of aliphatic hydroxyl groups is 1. The van der Waals surface area contributed by atoms with Gasteiger partial charge in [-0.15, -0.1) is 0 Å². The monoisotopic (exact) mass is 493 g/mol. The summed E-state index contributed by atoms with van der Waals surface area (Å²) >= 11 is 18.8. The van der Waals surface area contributed by atoms with Crippen LogP contribution in [0, 0.1) is 0 Å². The van der Waals surface area contributed by atoms with Crippen molar-refractivity contribution < 1.29 is 28.9 Å². The van der Waals surface area contributed by atoms with Gasteiger partial charge in [-0.3, -0.25) is 14.2 Å². The normalized spacial score (nSPS) is 23.4. The predicted molar refractivity (Wildman–Crippen MR) is 116 cm³/mol. The summed E-state index contributed by atoms with van der Waals surface area (Å²) in [5.41, 5.74) is 0.797. The molecule has 0 spiro atoms. The van der Waals surface area contributed by atoms with Crippen molar-refractivity contribution in [3.05, 3.63) is 21.1 Å². The van der Waals surface area contributed by atoms with E-state index < -0.39 is 43.1 Å². The molecule has 1 aliphatic heterocycles. The van der Waals surface area contributed by atoms with Crippen LogP contribution in [-0.4, -0.2) is 57.6 Å². The molecule has 4 atom stereocenters. The summed E-state index contributed by atoms with van der Waals surface area (Å²) in [6.07, 6.45) is -4.07. The van der Waals surface area contributed by atoms with Crippen LogP contribution in [0.15, 0.2) is 6.07 Å². The molecule has 2 aromatic rings. The number of esters is 2. The lowest BCUT2D eigenvalue weighted by Gasteiger charge is -2.25. The van der Waals surface area contributed by atoms with Gasteiger partial charge in [0.25, 0.3) is 0 Å². The summed E-state index contributed by atoms with van der Waals surface area (Å²) in [6.45, 7) is 5.78. The first-order valence-electron chi connectivity index (χ1n) is 9.47. The molecule has 0 saturated carbocycles. The van der Waals surface area contributed by atoms with Gasteiger partial charge in [0.15, 0.2) is 18.4 Å². The van der Waals surface area contributed by atoms with Crippen molar-refractivity contribution in [3.8, 4) is 0 Å². The number of rotatable bonds is 6. The number of benzene rings is 1. The highest BCUT2D eigenvalue weighted by Gasteiger charge is 2.51. The number of nitrogens with one attached hydrogen (secondary N) is 1. The first kappa shape index (κ1) is 23.9. The van der Waals surface area contributed by atoms with Crippen molar-refractivity contribution >= 4 is 63.7 Å². The Morgan fingerprint density at radius 2 is 1.81 bits per heavy atom. The van der Waals surface area contributed by atoms with Gasteiger partial charge in [0.1, 0.15) is 11.6 Å². The zero-order chi connectivity index (χ0) is 23.0. The van der Waals surface area contributed by atoms with E-state index >= 15 is 0 Å². The van der Waals surface area contributed by atoms with Gasteiger partial charge in [-0.2, -0.15) is 0 Å². The second-order valence-electron chi connectivity index (χ2n) is 7.35. The second kappa shape index (κ2) is 9.38. The van der Waals surface area contributed by atoms with E-state index in [-0.39, 0.29) is 21.1 Å². The van der Waals surface area contributed by atoms with Gasteiger partial charge in [0, 0.05) is 19.9 Å². The van der Waals surface area contributed by atoms with Crippen LogP contribution in [0.4, 0.5) is 5.95 Å². The molecular weight excluding hydrogens is 473 g/mol. The van der Waals surface area contributed by atoms with Crippen LogP contribution in [-0.2, 0) is 23.8 Å². The number of halogens is 3. The Balaban J connectivity index is 2.23. The van der Waals surface area contributed by atoms with E-state index in [2.05, 4.69) is 10.3 Å². The minimum absolute atomic E-state index is 0.0354. The molecule has 170 valence electrons. The zero-order valence-electron chi connectivity index (χ0n) is 17.2. The van der Waals surface area contributed by atoms with E-state index in [1.165, 1.54) is 13.8 Å². The molecule has 3 rings (SSSR count). The van der Waals surface area contributed by atoms with E-state index in [9.17, 15) is 14.7 Å². The highest BCUT2D eigenvalue weighted by atomic mass is 35.5. The Kier molecular flexibility index (Phi) is 7.22. The highest BCUT2D eigenvalue weighted by Crippen LogP contribution is 2.42. The van der Waals surface area contributed by atoms with E-state index in [4.69, 9.17) is 49.0 Å². The Hall–Kier alpha value is -1.78. The van der Waals surface area contributed by atoms with Crippen LogP contribution in [0.2, 0.25) is 15.1 Å². The molecule has 2 N–H and O–H groups in total. The van der Waals surface area contributed by atoms with Gasteiger partial charge >= 0.3 is 11.9 Å². The summed E-state index contributed by atoms with van der Waals surface area (Å²) < 4.78 is 18.4. The van der Waals surface area contributed by atoms with Crippen LogP contribution >= 0.6 is 34.8 Å². The molecule has 0 amide bonds. The van der Waals surface area contributed by atoms with E-state index in [0.717, 1.165) is 0 Å². The second-order valence-corrected chi connectivity index (χ2v) is 8.52. The van der Waals surface area contributed by atoms with Crippen LogP contribution in [0.3, 0.4) is 0 Å². The van der Waals surface area contributed by atoms with Gasteiger partial charge in [0.2, 0.25) is 5.95 Å². The SMILES string of the molecule is CC(=O)O[C@H]1[C@@H](OC(C)=O)C(CO)O[C@@H]1n1c(NC(C)C)nc2c(Cl)c(Cl)c(Cl)cc21. The standard InChI is InChI=1S/C19H22Cl3N3O6/c1-7(2)23-19-24-15-11(5-10(20)13(21)14(15)22)25(19)18-17(30-9(4)28)16(29-8(3)27)12(6-26)31-18/h5,7,12,16-18,26H,6H2,1-4H3,(H,23,24)/t12?,16-,17-,18-/m0/s1. The first-order chi connectivity index (χ1) is 14.5. The average Bonchev–Trinajstić information content (AvgIpc) is 3.16. The molecule has 2 heterocycles. The fourth-order valence-corrected chi connectivity index (χ4v) is 4.10. The maximum atomic E-state index is 11.8. The summed E-state index contributed by atoms with van der Waals surface area (Å²) in [7, 11) is 0. The molecule has 1 aromatic carbocycles. The molecule has 0 radical (unpaired) electrons. The number of ether oxygens (including phenoxy) is 3. The molecule has 1 saturated heterocycles. The number of anilines is 1. The number of fused-ring (bicyclic) bond motifs is 1. The van der Waals surface area contributed by atoms with E-state index in [0.29, 0.717) is 17.0 Å². The van der Waals surface area contributed by atoms with Crippen molar-refractivity contribution in [1.82, 2.24) is 9.55 Å². The maximum absolute atomic E-state index is 11.8. The molecule has 1 unspecified atom stereocenters. The third-order valence-electron chi connectivity index (χ3n) is 4.56. The molecular formula is C19H22Cl3N3O6. The van der Waals surface area contributed by atoms with Crippen molar-refractivity contribution in [3.63, 3.8) is 0 Å². The molecule has 12 heteroatoms. The number of carbonyl (C=O) groups excluding carboxylic acids is 2. The molecule has 1 fully saturated rings. The number of aromatic nitrogens is 2. The number of hydrogen-bond donors (Lipinski definition) is 2. The predicted octanol–water partition coefficient (Wildman–Crippen LogP) is 3.57. The minimum atomic E-state index is -1.07. The lowest BCUT2D eigenvalue weighted by Crippen LogP contribution is -2.40. The van der Waals surface area contributed by atoms with Gasteiger partial charge in [-0.1, -0.05) is 34.8 Å². The lowest BCUT2D eigenvalue weighted by molar-refractivity contribution is -0.165. The van der Waals surface area contributed by atoms with Crippen molar-refractivity contribution in [2.45, 2.75) is 58.3 Å². The third-order valence-corrected chi connectivity index (χ3v) is 5.82. The quantitative estimate of drug-likeness (QED) is 0.463. The molecule has 1 aliphatic rings. The van der Waals surface area contributed by atoms with Gasteiger partial charge < -0.3 is 24.6 Å². The molecule has 1 aromatic heterocycles. The molecule has 31 heavy (non-hydrogen) atoms. The highest BCUT2D eigenvalue weighted by molar-refractivity contribution is 6.50.